The second kappa shape index (κ2) is 4.70. The molecule has 0 atom stereocenters. The van der Waals surface area contributed by atoms with Gasteiger partial charge in [-0.3, -0.25) is 0 Å². The van der Waals surface area contributed by atoms with Crippen molar-refractivity contribution in [2.45, 2.75) is 13.1 Å². The molecule has 0 aliphatic carbocycles. The molecule has 106 valence electrons. The van der Waals surface area contributed by atoms with Crippen LogP contribution in [0.15, 0.2) is 30.3 Å². The molecular formula is C14H12F4N2. The topological polar surface area (TPSA) is 52.0 Å². The van der Waals surface area contributed by atoms with E-state index in [1.54, 1.807) is 0 Å². The highest BCUT2D eigenvalue weighted by molar-refractivity contribution is 5.72. The Morgan fingerprint density at radius 2 is 1.65 bits per heavy atom. The van der Waals surface area contributed by atoms with Gasteiger partial charge in [0.05, 0.1) is 5.56 Å². The first-order valence-corrected chi connectivity index (χ1v) is 5.73. The van der Waals surface area contributed by atoms with Crippen LogP contribution in [0.5, 0.6) is 0 Å². The van der Waals surface area contributed by atoms with E-state index in [0.29, 0.717) is 0 Å². The van der Waals surface area contributed by atoms with Crippen molar-refractivity contribution in [2.24, 2.45) is 0 Å². The lowest BCUT2D eigenvalue weighted by atomic mass is 9.97. The molecule has 2 aromatic rings. The van der Waals surface area contributed by atoms with Crippen molar-refractivity contribution in [3.8, 4) is 11.1 Å². The molecule has 0 fully saturated rings. The molecule has 6 heteroatoms. The van der Waals surface area contributed by atoms with Crippen molar-refractivity contribution in [1.29, 1.82) is 0 Å². The van der Waals surface area contributed by atoms with E-state index in [-0.39, 0.29) is 28.1 Å². The van der Waals surface area contributed by atoms with Crippen LogP contribution in [0.2, 0.25) is 0 Å². The van der Waals surface area contributed by atoms with Crippen LogP contribution in [0.25, 0.3) is 11.1 Å². The Balaban J connectivity index is 2.67. The van der Waals surface area contributed by atoms with Crippen molar-refractivity contribution in [1.82, 2.24) is 0 Å². The van der Waals surface area contributed by atoms with Crippen LogP contribution in [-0.4, -0.2) is 0 Å². The van der Waals surface area contributed by atoms with Crippen LogP contribution in [0.4, 0.5) is 28.9 Å². The van der Waals surface area contributed by atoms with E-state index >= 15 is 0 Å². The molecule has 0 aliphatic heterocycles. The quantitative estimate of drug-likeness (QED) is 0.614. The van der Waals surface area contributed by atoms with Gasteiger partial charge in [-0.15, -0.1) is 0 Å². The Kier molecular flexibility index (Phi) is 3.33. The van der Waals surface area contributed by atoms with Crippen molar-refractivity contribution in [3.63, 3.8) is 0 Å². The van der Waals surface area contributed by atoms with E-state index in [2.05, 4.69) is 0 Å². The number of halogens is 4. The average molecular weight is 284 g/mol. The summed E-state index contributed by atoms with van der Waals surface area (Å²) in [6.45, 7) is 1.28. The monoisotopic (exact) mass is 284 g/mol. The third kappa shape index (κ3) is 2.54. The SMILES string of the molecule is Cc1c(N)cc(-c2ccc(N)cc2F)cc1C(F)(F)F. The molecule has 0 saturated carbocycles. The second-order valence-electron chi connectivity index (χ2n) is 4.48. The van der Waals surface area contributed by atoms with Gasteiger partial charge in [0.2, 0.25) is 0 Å². The molecule has 2 rings (SSSR count). The van der Waals surface area contributed by atoms with Crippen LogP contribution in [-0.2, 0) is 6.18 Å². The van der Waals surface area contributed by atoms with Gasteiger partial charge in [-0.05, 0) is 48.4 Å². The Bertz CT molecular complexity index is 663. The Labute approximate surface area is 113 Å². The van der Waals surface area contributed by atoms with Gasteiger partial charge >= 0.3 is 6.18 Å². The molecule has 0 heterocycles. The first-order valence-electron chi connectivity index (χ1n) is 5.73. The zero-order chi connectivity index (χ0) is 15.1. The molecule has 2 aromatic carbocycles. The van der Waals surface area contributed by atoms with Gasteiger partial charge in [0.15, 0.2) is 0 Å². The molecule has 4 N–H and O–H groups in total. The van der Waals surface area contributed by atoms with Crippen LogP contribution in [0, 0.1) is 12.7 Å². The Morgan fingerprint density at radius 1 is 1.00 bits per heavy atom. The number of hydrogen-bond donors (Lipinski definition) is 2. The predicted octanol–water partition coefficient (Wildman–Crippen LogP) is 3.98. The largest absolute Gasteiger partial charge is 0.416 e. The summed E-state index contributed by atoms with van der Waals surface area (Å²) < 4.78 is 52.6. The minimum Gasteiger partial charge on any atom is -0.399 e. The van der Waals surface area contributed by atoms with E-state index in [9.17, 15) is 17.6 Å². The summed E-state index contributed by atoms with van der Waals surface area (Å²) in [5, 5.41) is 0. The van der Waals surface area contributed by atoms with Gasteiger partial charge in [0, 0.05) is 16.9 Å². The third-order valence-electron chi connectivity index (χ3n) is 3.06. The molecule has 2 nitrogen and oxygen atoms in total. The van der Waals surface area contributed by atoms with Gasteiger partial charge in [0.25, 0.3) is 0 Å². The van der Waals surface area contributed by atoms with Crippen molar-refractivity contribution in [3.05, 3.63) is 47.3 Å². The maximum Gasteiger partial charge on any atom is 0.416 e. The lowest BCUT2D eigenvalue weighted by molar-refractivity contribution is -0.138. The molecule has 0 aliphatic rings. The van der Waals surface area contributed by atoms with Crippen LogP contribution >= 0.6 is 0 Å². The van der Waals surface area contributed by atoms with E-state index in [0.717, 1.165) is 12.1 Å². The van der Waals surface area contributed by atoms with E-state index in [1.807, 2.05) is 0 Å². The van der Waals surface area contributed by atoms with E-state index < -0.39 is 17.6 Å². The molecular weight excluding hydrogens is 272 g/mol. The maximum atomic E-state index is 13.8. The molecule has 0 radical (unpaired) electrons. The minimum atomic E-state index is -4.54. The number of hydrogen-bond acceptors (Lipinski definition) is 2. The van der Waals surface area contributed by atoms with Crippen LogP contribution in [0.3, 0.4) is 0 Å². The average Bonchev–Trinajstić information content (AvgIpc) is 2.31. The maximum absolute atomic E-state index is 13.8. The summed E-state index contributed by atoms with van der Waals surface area (Å²) in [4.78, 5) is 0. The molecule has 0 unspecified atom stereocenters. The number of anilines is 2. The fraction of sp³-hybridized carbons (Fsp3) is 0.143. The lowest BCUT2D eigenvalue weighted by Crippen LogP contribution is -2.09. The summed E-state index contributed by atoms with van der Waals surface area (Å²) in [6, 6.07) is 6.01. The second-order valence-corrected chi connectivity index (χ2v) is 4.48. The Hall–Kier alpha value is -2.24. The summed E-state index contributed by atoms with van der Waals surface area (Å²) >= 11 is 0. The highest BCUT2D eigenvalue weighted by atomic mass is 19.4. The highest BCUT2D eigenvalue weighted by Crippen LogP contribution is 2.38. The first kappa shape index (κ1) is 14.2. The predicted molar refractivity (Wildman–Crippen MR) is 70.4 cm³/mol. The number of rotatable bonds is 1. The van der Waals surface area contributed by atoms with Gasteiger partial charge in [-0.2, -0.15) is 13.2 Å². The van der Waals surface area contributed by atoms with Crippen LogP contribution < -0.4 is 11.5 Å². The highest BCUT2D eigenvalue weighted by Gasteiger charge is 2.33. The normalized spacial score (nSPS) is 11.7. The fourth-order valence-corrected chi connectivity index (χ4v) is 1.95. The lowest BCUT2D eigenvalue weighted by Gasteiger charge is -2.15. The summed E-state index contributed by atoms with van der Waals surface area (Å²) in [6.07, 6.45) is -4.54. The fourth-order valence-electron chi connectivity index (χ4n) is 1.95. The summed E-state index contributed by atoms with van der Waals surface area (Å²) in [5.74, 6) is -0.693. The van der Waals surface area contributed by atoms with Gasteiger partial charge in [-0.1, -0.05) is 0 Å². The molecule has 0 spiro atoms. The van der Waals surface area contributed by atoms with Gasteiger partial charge < -0.3 is 11.5 Å². The zero-order valence-electron chi connectivity index (χ0n) is 10.6. The van der Waals surface area contributed by atoms with Crippen molar-refractivity contribution < 1.29 is 17.6 Å². The molecule has 0 bridgehead atoms. The number of nitrogens with two attached hydrogens (primary N) is 2. The molecule has 0 saturated heterocycles. The van der Waals surface area contributed by atoms with Gasteiger partial charge in [0.1, 0.15) is 5.82 Å². The molecule has 0 amide bonds. The Morgan fingerprint density at radius 3 is 2.20 bits per heavy atom. The van der Waals surface area contributed by atoms with Crippen molar-refractivity contribution >= 4 is 11.4 Å². The van der Waals surface area contributed by atoms with Crippen LogP contribution in [0.1, 0.15) is 11.1 Å². The summed E-state index contributed by atoms with van der Waals surface area (Å²) in [7, 11) is 0. The minimum absolute atomic E-state index is 0.0244. The number of benzene rings is 2. The zero-order valence-corrected chi connectivity index (χ0v) is 10.6. The first-order chi connectivity index (χ1) is 9.20. The molecule has 0 aromatic heterocycles. The van der Waals surface area contributed by atoms with E-state index in [4.69, 9.17) is 11.5 Å². The smallest absolute Gasteiger partial charge is 0.399 e. The molecule has 20 heavy (non-hydrogen) atoms. The standard InChI is InChI=1S/C14H12F4N2/c1-7-11(14(16,17)18)4-8(5-13(7)20)10-3-2-9(19)6-12(10)15/h2-6H,19-20H2,1H3. The van der Waals surface area contributed by atoms with Crippen molar-refractivity contribution in [2.75, 3.05) is 11.5 Å². The van der Waals surface area contributed by atoms with Gasteiger partial charge in [-0.25, -0.2) is 4.39 Å². The number of nitrogen functional groups attached to an aromatic ring is 2. The third-order valence-corrected chi connectivity index (χ3v) is 3.06. The van der Waals surface area contributed by atoms with E-state index in [1.165, 1.54) is 25.1 Å². The summed E-state index contributed by atoms with van der Waals surface area (Å²) in [5.41, 5.74) is 10.3. The number of alkyl halides is 3.